The van der Waals surface area contributed by atoms with Gasteiger partial charge in [0.05, 0.1) is 33.5 Å². The first kappa shape index (κ1) is 19.4. The van der Waals surface area contributed by atoms with Gasteiger partial charge in [-0.05, 0) is 18.2 Å². The summed E-state index contributed by atoms with van der Waals surface area (Å²) in [6, 6.07) is 6.69. The molecule has 0 spiro atoms. The molecule has 0 aromatic heterocycles. The third-order valence-electron chi connectivity index (χ3n) is 3.16. The lowest BCUT2D eigenvalue weighted by molar-refractivity contribution is -0.858. The van der Waals surface area contributed by atoms with Crippen molar-refractivity contribution in [1.29, 1.82) is 0 Å². The van der Waals surface area contributed by atoms with E-state index in [-0.39, 0.29) is 18.2 Å². The number of ether oxygens (including phenoxy) is 1. The molecule has 130 valence electrons. The van der Waals surface area contributed by atoms with Crippen molar-refractivity contribution in [3.8, 4) is 5.75 Å². The molecule has 1 aromatic rings. The van der Waals surface area contributed by atoms with E-state index in [9.17, 15) is 13.2 Å². The first-order valence-corrected chi connectivity index (χ1v) is 9.18. The number of quaternary nitrogens is 1. The zero-order chi connectivity index (χ0) is 17.3. The van der Waals surface area contributed by atoms with Gasteiger partial charge in [0, 0.05) is 25.1 Å². The van der Waals surface area contributed by atoms with E-state index in [0.717, 1.165) is 13.0 Å². The molecule has 0 saturated heterocycles. The van der Waals surface area contributed by atoms with E-state index < -0.39 is 10.0 Å². The molecule has 1 rings (SSSR count). The maximum absolute atomic E-state index is 11.9. The molecule has 0 fully saturated rings. The summed E-state index contributed by atoms with van der Waals surface area (Å²) < 4.78 is 31.2. The molecule has 3 N–H and O–H groups in total. The first-order valence-electron chi connectivity index (χ1n) is 7.52. The third-order valence-corrected chi connectivity index (χ3v) is 4.55. The van der Waals surface area contributed by atoms with Gasteiger partial charge in [0.1, 0.15) is 5.75 Å². The van der Waals surface area contributed by atoms with Crippen LogP contribution in [0.15, 0.2) is 24.3 Å². The molecule has 0 heterocycles. The number of rotatable bonds is 10. The zero-order valence-corrected chi connectivity index (χ0v) is 14.7. The lowest BCUT2D eigenvalue weighted by Gasteiger charge is -2.10. The fraction of sp³-hybridized carbons (Fsp3) is 0.533. The molecule has 0 aliphatic rings. The largest absolute Gasteiger partial charge is 0.497 e. The molecule has 0 atom stereocenters. The molecule has 23 heavy (non-hydrogen) atoms. The van der Waals surface area contributed by atoms with Crippen LogP contribution in [0.3, 0.4) is 0 Å². The van der Waals surface area contributed by atoms with Gasteiger partial charge < -0.3 is 15.0 Å². The summed E-state index contributed by atoms with van der Waals surface area (Å²) in [5, 5.41) is 2.60. The molecule has 8 heteroatoms. The van der Waals surface area contributed by atoms with E-state index in [0.29, 0.717) is 17.9 Å². The minimum absolute atomic E-state index is 0.0598. The number of carbonyl (C=O) groups excluding carboxylic acids is 1. The SMILES string of the molecule is COc1cccc(C(=O)NCCS(=O)(=O)NCCC[NH+](C)C)c1. The number of hydrogen-bond acceptors (Lipinski definition) is 4. The maximum atomic E-state index is 11.9. The molecule has 0 saturated carbocycles. The highest BCUT2D eigenvalue weighted by Gasteiger charge is 2.12. The summed E-state index contributed by atoms with van der Waals surface area (Å²) in [4.78, 5) is 13.2. The second-order valence-electron chi connectivity index (χ2n) is 5.51. The van der Waals surface area contributed by atoms with Crippen molar-refractivity contribution in [2.75, 3.05) is 46.6 Å². The Balaban J connectivity index is 2.35. The number of amides is 1. The summed E-state index contributed by atoms with van der Waals surface area (Å²) in [6.45, 7) is 1.37. The molecular formula is C15H26N3O4S+. The van der Waals surface area contributed by atoms with Crippen molar-refractivity contribution in [2.24, 2.45) is 0 Å². The first-order chi connectivity index (χ1) is 10.8. The normalized spacial score (nSPS) is 11.5. The summed E-state index contributed by atoms with van der Waals surface area (Å²) in [7, 11) is 2.18. The van der Waals surface area contributed by atoms with E-state index in [4.69, 9.17) is 4.74 Å². The Kier molecular flexibility index (Phi) is 8.01. The van der Waals surface area contributed by atoms with Crippen LogP contribution in [0.2, 0.25) is 0 Å². The van der Waals surface area contributed by atoms with Crippen LogP contribution in [0.25, 0.3) is 0 Å². The van der Waals surface area contributed by atoms with Gasteiger partial charge in [0.15, 0.2) is 0 Å². The van der Waals surface area contributed by atoms with Gasteiger partial charge in [-0.3, -0.25) is 4.79 Å². The highest BCUT2D eigenvalue weighted by molar-refractivity contribution is 7.89. The zero-order valence-electron chi connectivity index (χ0n) is 13.9. The van der Waals surface area contributed by atoms with E-state index in [1.807, 2.05) is 14.1 Å². The summed E-state index contributed by atoms with van der Waals surface area (Å²) in [5.74, 6) is 0.114. The summed E-state index contributed by atoms with van der Waals surface area (Å²) >= 11 is 0. The van der Waals surface area contributed by atoms with E-state index in [1.54, 1.807) is 24.3 Å². The molecule has 1 aromatic carbocycles. The average molecular weight is 344 g/mol. The predicted octanol–water partition coefficient (Wildman–Crippen LogP) is -1.12. The third kappa shape index (κ3) is 7.96. The van der Waals surface area contributed by atoms with Gasteiger partial charge >= 0.3 is 0 Å². The Morgan fingerprint density at radius 1 is 1.26 bits per heavy atom. The van der Waals surface area contributed by atoms with Crippen LogP contribution >= 0.6 is 0 Å². The smallest absolute Gasteiger partial charge is 0.251 e. The van der Waals surface area contributed by atoms with Crippen LogP contribution in [0.4, 0.5) is 0 Å². The molecular weight excluding hydrogens is 318 g/mol. The van der Waals surface area contributed by atoms with Crippen molar-refractivity contribution in [3.63, 3.8) is 0 Å². The van der Waals surface area contributed by atoms with Gasteiger partial charge in [-0.2, -0.15) is 0 Å². The van der Waals surface area contributed by atoms with E-state index in [2.05, 4.69) is 10.0 Å². The molecule has 0 bridgehead atoms. The van der Waals surface area contributed by atoms with Gasteiger partial charge in [-0.1, -0.05) is 6.07 Å². The van der Waals surface area contributed by atoms with Crippen molar-refractivity contribution >= 4 is 15.9 Å². The lowest BCUT2D eigenvalue weighted by Crippen LogP contribution is -3.05. The monoisotopic (exact) mass is 344 g/mol. The molecule has 0 aliphatic carbocycles. The van der Waals surface area contributed by atoms with Crippen LogP contribution in [0.5, 0.6) is 5.75 Å². The minimum atomic E-state index is -3.37. The molecule has 0 unspecified atom stereocenters. The number of nitrogens with one attached hydrogen (secondary N) is 3. The number of carbonyl (C=O) groups is 1. The van der Waals surface area contributed by atoms with Crippen LogP contribution in [0, 0.1) is 0 Å². The standard InChI is InChI=1S/C15H25N3O4S/c1-18(2)10-5-8-17-23(20,21)11-9-16-15(19)13-6-4-7-14(12-13)22-3/h4,6-7,12,17H,5,8-11H2,1-3H3,(H,16,19)/p+1. The van der Waals surface area contributed by atoms with Gasteiger partial charge in [-0.25, -0.2) is 13.1 Å². The van der Waals surface area contributed by atoms with Crippen molar-refractivity contribution in [3.05, 3.63) is 29.8 Å². The summed E-state index contributed by atoms with van der Waals surface area (Å²) in [6.07, 6.45) is 0.776. The Morgan fingerprint density at radius 2 is 2.00 bits per heavy atom. The van der Waals surface area contributed by atoms with Crippen LogP contribution in [-0.4, -0.2) is 60.9 Å². The number of sulfonamides is 1. The van der Waals surface area contributed by atoms with Crippen molar-refractivity contribution < 1.29 is 22.8 Å². The number of benzene rings is 1. The average Bonchev–Trinajstić information content (AvgIpc) is 2.51. The Hall–Kier alpha value is -1.64. The van der Waals surface area contributed by atoms with Crippen LogP contribution < -0.4 is 19.7 Å². The van der Waals surface area contributed by atoms with Crippen molar-refractivity contribution in [2.45, 2.75) is 6.42 Å². The number of hydrogen-bond donors (Lipinski definition) is 3. The highest BCUT2D eigenvalue weighted by Crippen LogP contribution is 2.12. The molecule has 0 radical (unpaired) electrons. The topological polar surface area (TPSA) is 88.9 Å². The quantitative estimate of drug-likeness (QED) is 0.469. The maximum Gasteiger partial charge on any atom is 0.251 e. The highest BCUT2D eigenvalue weighted by atomic mass is 32.2. The predicted molar refractivity (Wildman–Crippen MR) is 89.4 cm³/mol. The lowest BCUT2D eigenvalue weighted by atomic mass is 10.2. The fourth-order valence-electron chi connectivity index (χ4n) is 1.91. The Morgan fingerprint density at radius 3 is 2.65 bits per heavy atom. The molecule has 7 nitrogen and oxygen atoms in total. The Labute approximate surface area is 138 Å². The molecule has 0 aliphatic heterocycles. The van der Waals surface area contributed by atoms with E-state index in [1.165, 1.54) is 12.0 Å². The van der Waals surface area contributed by atoms with Crippen LogP contribution in [0.1, 0.15) is 16.8 Å². The van der Waals surface area contributed by atoms with Gasteiger partial charge in [0.2, 0.25) is 10.0 Å². The Bertz CT molecular complexity index is 602. The van der Waals surface area contributed by atoms with E-state index >= 15 is 0 Å². The van der Waals surface area contributed by atoms with Crippen molar-refractivity contribution in [1.82, 2.24) is 10.0 Å². The summed E-state index contributed by atoms with van der Waals surface area (Å²) in [5.41, 5.74) is 0.434. The number of methoxy groups -OCH3 is 1. The van der Waals surface area contributed by atoms with Crippen LogP contribution in [-0.2, 0) is 10.0 Å². The molecule has 1 amide bonds. The van der Waals surface area contributed by atoms with Gasteiger partial charge in [-0.15, -0.1) is 0 Å². The fourth-order valence-corrected chi connectivity index (χ4v) is 2.88. The van der Waals surface area contributed by atoms with Gasteiger partial charge in [0.25, 0.3) is 5.91 Å². The minimum Gasteiger partial charge on any atom is -0.497 e. The second kappa shape index (κ2) is 9.49. The second-order valence-corrected chi connectivity index (χ2v) is 7.44.